The number of hydrogen-bond donors (Lipinski definition) is 1. The second-order valence-electron chi connectivity index (χ2n) is 12.9. The highest BCUT2D eigenvalue weighted by atomic mass is 79.9. The lowest BCUT2D eigenvalue weighted by molar-refractivity contribution is 0.454. The van der Waals surface area contributed by atoms with Gasteiger partial charge in [0.05, 0.1) is 0 Å². The highest BCUT2D eigenvalue weighted by Gasteiger charge is 2.13. The van der Waals surface area contributed by atoms with Crippen molar-refractivity contribution >= 4 is 69.9 Å². The normalized spacial score (nSPS) is 10.0. The first kappa shape index (κ1) is 40.8. The zero-order chi connectivity index (χ0) is 40.4. The molecule has 0 aliphatic heterocycles. The molecule has 4 nitrogen and oxygen atoms in total. The molecule has 0 aliphatic carbocycles. The molecule has 0 aliphatic rings. The number of para-hydroxylation sites is 4. The van der Waals surface area contributed by atoms with Gasteiger partial charge in [-0.3, -0.25) is 0 Å². The first-order valence-electron chi connectivity index (χ1n) is 18.8. The van der Waals surface area contributed by atoms with E-state index in [1.54, 1.807) is 18.2 Å². The zero-order valence-electron chi connectivity index (χ0n) is 32.1. The summed E-state index contributed by atoms with van der Waals surface area (Å²) in [4.78, 5) is 4.51. The fraction of sp³-hybridized carbons (Fsp3) is 0. The number of rotatable bonds is 11. The van der Waals surface area contributed by atoms with Crippen LogP contribution in [-0.4, -0.2) is 12.7 Å². The van der Waals surface area contributed by atoms with Gasteiger partial charge in [0.2, 0.25) is 0 Å². The van der Waals surface area contributed by atoms with Crippen LogP contribution < -0.4 is 14.5 Å². The van der Waals surface area contributed by atoms with Crippen molar-refractivity contribution in [2.45, 2.75) is 0 Å². The van der Waals surface area contributed by atoms with Crippen LogP contribution in [0, 0.1) is 0 Å². The molecule has 8 rings (SSSR count). The van der Waals surface area contributed by atoms with Gasteiger partial charge in [-0.1, -0.05) is 163 Å². The Bertz CT molecular complexity index is 2330. The lowest BCUT2D eigenvalue weighted by Crippen LogP contribution is -2.09. The first-order chi connectivity index (χ1) is 28.6. The average molecular weight is 819 g/mol. The van der Waals surface area contributed by atoms with Crippen molar-refractivity contribution in [3.63, 3.8) is 0 Å². The van der Waals surface area contributed by atoms with Crippen molar-refractivity contribution in [2.75, 3.05) is 9.80 Å². The lowest BCUT2D eigenvalue weighted by atomic mass is 10.0. The van der Waals surface area contributed by atoms with Crippen molar-refractivity contribution in [3.05, 3.63) is 247 Å². The van der Waals surface area contributed by atoms with Crippen LogP contribution in [-0.2, 0) is 0 Å². The standard InChI is InChI=1S/C26H21N.C18H14BrN.C8H8BO2/c1-2-21-13-15-22(16-14-21)23-17-19-26(20-18-23)27(24-9-5-3-6-10-24)25-11-7-4-8-12-25;19-15-11-13-18(14-12-15)20(16-7-3-1-4-8-16)17-9-5-2-6-10-17;1-2-7-3-5-8(6-4-7)11-9-10/h2-20H,1H2;1-14H;2-6,10H,1H2. The fourth-order valence-corrected chi connectivity index (χ4v) is 6.42. The minimum absolute atomic E-state index is 0.609. The van der Waals surface area contributed by atoms with Gasteiger partial charge < -0.3 is 19.5 Å². The maximum atomic E-state index is 8.28. The smallest absolute Gasteiger partial charge is 0.537 e. The van der Waals surface area contributed by atoms with Gasteiger partial charge in [-0.25, -0.2) is 0 Å². The Hall–Kier alpha value is -6.86. The van der Waals surface area contributed by atoms with Gasteiger partial charge in [0.25, 0.3) is 0 Å². The summed E-state index contributed by atoms with van der Waals surface area (Å²) >= 11 is 3.49. The summed E-state index contributed by atoms with van der Waals surface area (Å²) in [5.74, 6) is 0.609. The molecule has 8 aromatic rings. The van der Waals surface area contributed by atoms with Crippen LogP contribution in [0.25, 0.3) is 23.3 Å². The van der Waals surface area contributed by atoms with E-state index < -0.39 is 0 Å². The van der Waals surface area contributed by atoms with Crippen LogP contribution in [0.15, 0.2) is 236 Å². The van der Waals surface area contributed by atoms with Gasteiger partial charge in [-0.15, -0.1) is 0 Å². The van der Waals surface area contributed by atoms with Crippen LogP contribution in [0.1, 0.15) is 11.1 Å². The second kappa shape index (κ2) is 21.4. The van der Waals surface area contributed by atoms with E-state index in [-0.39, 0.29) is 0 Å². The molecule has 0 spiro atoms. The van der Waals surface area contributed by atoms with Crippen LogP contribution in [0.5, 0.6) is 5.75 Å². The molecule has 8 aromatic carbocycles. The molecule has 6 heteroatoms. The van der Waals surface area contributed by atoms with E-state index >= 15 is 0 Å². The van der Waals surface area contributed by atoms with Crippen LogP contribution in [0.2, 0.25) is 0 Å². The van der Waals surface area contributed by atoms with Crippen LogP contribution in [0.3, 0.4) is 0 Å². The predicted octanol–water partition coefficient (Wildman–Crippen LogP) is 14.6. The lowest BCUT2D eigenvalue weighted by Gasteiger charge is -2.25. The third-order valence-corrected chi connectivity index (χ3v) is 9.58. The van der Waals surface area contributed by atoms with Gasteiger partial charge in [-0.2, -0.15) is 0 Å². The predicted molar refractivity (Wildman–Crippen MR) is 251 cm³/mol. The Morgan fingerprint density at radius 1 is 0.397 bits per heavy atom. The van der Waals surface area contributed by atoms with Crippen LogP contribution >= 0.6 is 15.9 Å². The Balaban J connectivity index is 0.000000160. The van der Waals surface area contributed by atoms with Gasteiger partial charge in [-0.05, 0) is 119 Å². The SMILES string of the molecule is Brc1ccc(N(c2ccccc2)c2ccccc2)cc1.C=Cc1ccc(-c2ccc(N(c3ccccc3)c3ccccc3)cc2)cc1.C=Cc1ccc(O[B]O)cc1. The monoisotopic (exact) mass is 817 g/mol. The van der Waals surface area contributed by atoms with Crippen molar-refractivity contribution in [1.29, 1.82) is 0 Å². The quantitative estimate of drug-likeness (QED) is 0.132. The maximum absolute atomic E-state index is 8.28. The summed E-state index contributed by atoms with van der Waals surface area (Å²) in [5, 5.41) is 8.28. The Morgan fingerprint density at radius 2 is 0.690 bits per heavy atom. The molecular weight excluding hydrogens is 775 g/mol. The fourth-order valence-electron chi connectivity index (χ4n) is 6.15. The van der Waals surface area contributed by atoms with Crippen molar-refractivity contribution in [2.24, 2.45) is 0 Å². The summed E-state index contributed by atoms with van der Waals surface area (Å²) in [6.07, 6.45) is 3.61. The van der Waals surface area contributed by atoms with Gasteiger partial charge in [0.1, 0.15) is 5.75 Å². The van der Waals surface area contributed by atoms with E-state index in [2.05, 4.69) is 209 Å². The summed E-state index contributed by atoms with van der Waals surface area (Å²) in [7, 11) is 0.656. The van der Waals surface area contributed by atoms with Crippen molar-refractivity contribution in [3.8, 4) is 16.9 Å². The highest BCUT2D eigenvalue weighted by molar-refractivity contribution is 9.10. The van der Waals surface area contributed by atoms with Crippen molar-refractivity contribution < 1.29 is 9.68 Å². The van der Waals surface area contributed by atoms with E-state index in [0.29, 0.717) is 13.4 Å². The number of benzene rings is 8. The zero-order valence-corrected chi connectivity index (χ0v) is 33.6. The third-order valence-electron chi connectivity index (χ3n) is 9.05. The average Bonchev–Trinajstić information content (AvgIpc) is 3.30. The summed E-state index contributed by atoms with van der Waals surface area (Å²) in [5.41, 5.74) is 11.4. The Morgan fingerprint density at radius 3 is 1.02 bits per heavy atom. The molecule has 283 valence electrons. The molecule has 0 amide bonds. The minimum atomic E-state index is 0.609. The molecule has 0 atom stereocenters. The minimum Gasteiger partial charge on any atom is -0.537 e. The maximum Gasteiger partial charge on any atom is 0.569 e. The number of halogens is 1. The molecule has 0 unspecified atom stereocenters. The molecule has 1 radical (unpaired) electrons. The van der Waals surface area contributed by atoms with Gasteiger partial charge in [0, 0.05) is 38.6 Å². The summed E-state index contributed by atoms with van der Waals surface area (Å²) in [6, 6.07) is 74.4. The second-order valence-corrected chi connectivity index (χ2v) is 13.8. The van der Waals surface area contributed by atoms with E-state index in [1.807, 2.05) is 42.5 Å². The number of hydrogen-bond acceptors (Lipinski definition) is 4. The Kier molecular flexibility index (Phi) is 15.1. The topological polar surface area (TPSA) is 35.9 Å². The number of nitrogens with zero attached hydrogens (tertiary/aromatic N) is 2. The Labute approximate surface area is 351 Å². The molecule has 0 saturated heterocycles. The molecule has 0 aromatic heterocycles. The molecule has 0 heterocycles. The highest BCUT2D eigenvalue weighted by Crippen LogP contribution is 2.36. The van der Waals surface area contributed by atoms with E-state index in [9.17, 15) is 0 Å². The molecule has 1 N–H and O–H groups in total. The largest absolute Gasteiger partial charge is 0.569 e. The third kappa shape index (κ3) is 11.4. The number of anilines is 6. The molecule has 58 heavy (non-hydrogen) atoms. The van der Waals surface area contributed by atoms with Gasteiger partial charge >= 0.3 is 7.69 Å². The summed E-state index contributed by atoms with van der Waals surface area (Å²) in [6.45, 7) is 7.42. The summed E-state index contributed by atoms with van der Waals surface area (Å²) < 4.78 is 5.79. The molecule has 0 fully saturated rings. The van der Waals surface area contributed by atoms with E-state index in [1.165, 1.54) is 11.1 Å². The van der Waals surface area contributed by atoms with Crippen LogP contribution in [0.4, 0.5) is 34.1 Å². The van der Waals surface area contributed by atoms with Gasteiger partial charge in [0.15, 0.2) is 0 Å². The molecule has 0 saturated carbocycles. The van der Waals surface area contributed by atoms with E-state index in [0.717, 1.165) is 49.7 Å². The van der Waals surface area contributed by atoms with E-state index in [4.69, 9.17) is 9.68 Å². The molecular formula is C52H43BBrN2O2. The first-order valence-corrected chi connectivity index (χ1v) is 19.6. The molecule has 0 bridgehead atoms. The van der Waals surface area contributed by atoms with Crippen molar-refractivity contribution in [1.82, 2.24) is 0 Å².